The molecule has 3 atom stereocenters. The number of aryl methyl sites for hydroxylation is 1. The molecular formula is C27H34FN3O3S. The van der Waals surface area contributed by atoms with Crippen LogP contribution < -0.4 is 4.74 Å². The fourth-order valence-electron chi connectivity index (χ4n) is 5.25. The van der Waals surface area contributed by atoms with Gasteiger partial charge in [0, 0.05) is 36.1 Å². The summed E-state index contributed by atoms with van der Waals surface area (Å²) < 4.78 is 20.8. The van der Waals surface area contributed by atoms with Crippen molar-refractivity contribution in [3.8, 4) is 5.75 Å². The van der Waals surface area contributed by atoms with Crippen molar-refractivity contribution in [1.82, 2.24) is 14.9 Å². The van der Waals surface area contributed by atoms with Gasteiger partial charge in [-0.3, -0.25) is 9.78 Å². The minimum atomic E-state index is -1.12. The number of fused-ring (bicyclic) bond motifs is 1. The number of ether oxygens (including phenoxy) is 1. The van der Waals surface area contributed by atoms with E-state index in [-0.39, 0.29) is 18.3 Å². The monoisotopic (exact) mass is 499 g/mol. The number of carboxylic acids is 1. The first kappa shape index (κ1) is 25.5. The Morgan fingerprint density at radius 1 is 1.26 bits per heavy atom. The molecule has 1 aliphatic heterocycles. The molecule has 3 aromatic rings. The van der Waals surface area contributed by atoms with E-state index in [1.54, 1.807) is 30.7 Å². The molecule has 0 bridgehead atoms. The normalized spacial score (nSPS) is 19.6. The molecule has 0 spiro atoms. The Morgan fingerprint density at radius 2 is 2.14 bits per heavy atom. The third-order valence-electron chi connectivity index (χ3n) is 7.12. The van der Waals surface area contributed by atoms with Crippen LogP contribution in [-0.2, 0) is 11.2 Å². The average molecular weight is 500 g/mol. The number of aliphatic carboxylic acids is 1. The molecule has 1 aromatic carbocycles. The maximum atomic E-state index is 15.4. The number of halogens is 1. The van der Waals surface area contributed by atoms with Gasteiger partial charge in [0.25, 0.3) is 0 Å². The third-order valence-corrected chi connectivity index (χ3v) is 7.96. The average Bonchev–Trinajstić information content (AvgIpc) is 3.38. The molecule has 1 fully saturated rings. The highest BCUT2D eigenvalue weighted by Crippen LogP contribution is 2.36. The first-order valence-corrected chi connectivity index (χ1v) is 13.3. The number of alkyl halides is 1. The van der Waals surface area contributed by atoms with E-state index in [9.17, 15) is 9.90 Å². The largest absolute Gasteiger partial charge is 0.497 e. The van der Waals surface area contributed by atoms with E-state index in [0.717, 1.165) is 56.2 Å². The Kier molecular flexibility index (Phi) is 9.04. The Balaban J connectivity index is 1.32. The smallest absolute Gasteiger partial charge is 0.303 e. The number of benzene rings is 1. The number of nitrogens with zero attached hydrogens (tertiary/aromatic N) is 3. The highest BCUT2D eigenvalue weighted by atomic mass is 32.1. The lowest BCUT2D eigenvalue weighted by atomic mass is 9.79. The second-order valence-corrected chi connectivity index (χ2v) is 10.4. The molecule has 8 heteroatoms. The number of likely N-dealkylation sites (tertiary alicyclic amines) is 1. The Morgan fingerprint density at radius 3 is 2.91 bits per heavy atom. The van der Waals surface area contributed by atoms with Crippen molar-refractivity contribution in [2.24, 2.45) is 11.8 Å². The first-order chi connectivity index (χ1) is 17.0. The Hall–Kier alpha value is -2.58. The summed E-state index contributed by atoms with van der Waals surface area (Å²) in [4.78, 5) is 22.6. The van der Waals surface area contributed by atoms with Crippen molar-refractivity contribution in [3.05, 3.63) is 52.6 Å². The van der Waals surface area contributed by atoms with E-state index in [1.165, 1.54) is 5.01 Å². The molecule has 188 valence electrons. The van der Waals surface area contributed by atoms with Crippen molar-refractivity contribution >= 4 is 28.2 Å². The topological polar surface area (TPSA) is 75.5 Å². The van der Waals surface area contributed by atoms with Gasteiger partial charge in [0.2, 0.25) is 0 Å². The summed E-state index contributed by atoms with van der Waals surface area (Å²) in [6, 6.07) is 7.26. The highest BCUT2D eigenvalue weighted by Gasteiger charge is 2.31. The summed E-state index contributed by atoms with van der Waals surface area (Å²) in [5, 5.41) is 13.4. The second-order valence-electron chi connectivity index (χ2n) is 9.42. The van der Waals surface area contributed by atoms with Crippen molar-refractivity contribution in [3.63, 3.8) is 0 Å². The molecule has 1 unspecified atom stereocenters. The van der Waals surface area contributed by atoms with Gasteiger partial charge in [0.1, 0.15) is 11.9 Å². The Bertz CT molecular complexity index is 1090. The lowest BCUT2D eigenvalue weighted by molar-refractivity contribution is -0.139. The van der Waals surface area contributed by atoms with E-state index < -0.39 is 12.1 Å². The number of carboxylic acid groups (broad SMARTS) is 1. The molecule has 2 aromatic heterocycles. The zero-order chi connectivity index (χ0) is 24.6. The number of hydrogen-bond donors (Lipinski definition) is 1. The van der Waals surface area contributed by atoms with Crippen LogP contribution in [0.2, 0.25) is 0 Å². The molecule has 1 N–H and O–H groups in total. The number of aromatic nitrogens is 2. The molecular weight excluding hydrogens is 465 g/mol. The van der Waals surface area contributed by atoms with E-state index >= 15 is 4.39 Å². The van der Waals surface area contributed by atoms with Gasteiger partial charge in [0.05, 0.1) is 17.6 Å². The van der Waals surface area contributed by atoms with Crippen LogP contribution in [0.3, 0.4) is 0 Å². The van der Waals surface area contributed by atoms with E-state index in [4.69, 9.17) is 4.74 Å². The van der Waals surface area contributed by atoms with E-state index in [1.807, 2.05) is 29.8 Å². The van der Waals surface area contributed by atoms with Crippen LogP contribution in [0, 0.1) is 11.8 Å². The number of hydrogen-bond acceptors (Lipinski definition) is 6. The van der Waals surface area contributed by atoms with Crippen molar-refractivity contribution in [2.45, 2.75) is 51.1 Å². The fourth-order valence-corrected chi connectivity index (χ4v) is 5.91. The van der Waals surface area contributed by atoms with Gasteiger partial charge in [-0.25, -0.2) is 9.37 Å². The highest BCUT2D eigenvalue weighted by molar-refractivity contribution is 7.09. The fraction of sp³-hybridized carbons (Fsp3) is 0.519. The third kappa shape index (κ3) is 6.98. The Labute approximate surface area is 210 Å². The number of pyridine rings is 1. The molecule has 1 aliphatic rings. The van der Waals surface area contributed by atoms with Crippen LogP contribution in [0.5, 0.6) is 5.75 Å². The van der Waals surface area contributed by atoms with Gasteiger partial charge < -0.3 is 14.7 Å². The number of methoxy groups -OCH3 is 1. The predicted molar refractivity (Wildman–Crippen MR) is 137 cm³/mol. The summed E-state index contributed by atoms with van der Waals surface area (Å²) in [7, 11) is 1.60. The number of carbonyl (C=O) groups is 1. The summed E-state index contributed by atoms with van der Waals surface area (Å²) in [6.07, 6.45) is 7.67. The van der Waals surface area contributed by atoms with Crippen molar-refractivity contribution in [2.75, 3.05) is 26.7 Å². The van der Waals surface area contributed by atoms with Crippen LogP contribution in [0.15, 0.2) is 42.0 Å². The second kappa shape index (κ2) is 12.4. The lowest BCUT2D eigenvalue weighted by Crippen LogP contribution is -2.41. The van der Waals surface area contributed by atoms with Crippen LogP contribution in [0.25, 0.3) is 10.9 Å². The number of rotatable bonds is 12. The first-order valence-electron chi connectivity index (χ1n) is 12.4. The molecule has 6 nitrogen and oxygen atoms in total. The molecule has 1 saturated heterocycles. The summed E-state index contributed by atoms with van der Waals surface area (Å²) >= 11 is 1.69. The van der Waals surface area contributed by atoms with Crippen LogP contribution in [0.4, 0.5) is 4.39 Å². The maximum Gasteiger partial charge on any atom is 0.303 e. The zero-order valence-corrected chi connectivity index (χ0v) is 21.1. The van der Waals surface area contributed by atoms with Crippen LogP contribution >= 0.6 is 11.3 Å². The molecule has 0 saturated carbocycles. The van der Waals surface area contributed by atoms with Gasteiger partial charge in [-0.2, -0.15) is 0 Å². The van der Waals surface area contributed by atoms with Crippen molar-refractivity contribution in [1.29, 1.82) is 0 Å². The van der Waals surface area contributed by atoms with Gasteiger partial charge in [-0.15, -0.1) is 11.3 Å². The van der Waals surface area contributed by atoms with Gasteiger partial charge >= 0.3 is 5.97 Å². The zero-order valence-electron chi connectivity index (χ0n) is 20.2. The maximum absolute atomic E-state index is 15.4. The number of unbranched alkanes of at least 4 members (excludes halogenated alkanes) is 1. The van der Waals surface area contributed by atoms with Crippen LogP contribution in [-0.4, -0.2) is 52.7 Å². The molecule has 3 heterocycles. The molecule has 35 heavy (non-hydrogen) atoms. The van der Waals surface area contributed by atoms with Gasteiger partial charge in [0.15, 0.2) is 0 Å². The molecule has 0 aliphatic carbocycles. The summed E-state index contributed by atoms with van der Waals surface area (Å²) in [5.41, 5.74) is 1.37. The van der Waals surface area contributed by atoms with Crippen molar-refractivity contribution < 1.29 is 19.0 Å². The molecule has 0 radical (unpaired) electrons. The summed E-state index contributed by atoms with van der Waals surface area (Å²) in [6.45, 7) is 2.70. The lowest BCUT2D eigenvalue weighted by Gasteiger charge is -2.38. The quantitative estimate of drug-likeness (QED) is 0.312. The van der Waals surface area contributed by atoms with E-state index in [2.05, 4.69) is 14.9 Å². The van der Waals surface area contributed by atoms with Gasteiger partial charge in [-0.1, -0.05) is 0 Å². The minimum absolute atomic E-state index is 0.0571. The van der Waals surface area contributed by atoms with Crippen LogP contribution in [0.1, 0.15) is 55.3 Å². The van der Waals surface area contributed by atoms with E-state index in [0.29, 0.717) is 24.2 Å². The standard InChI is InChI=1S/C27H34FN3O3S/c1-34-21-6-8-25-23(17-21)22(9-11-29-25)24(28)7-5-19-10-14-31(18-20(19)16-27(32)33)13-3-2-4-26-30-12-15-35-26/h6,8-9,11-12,15,17,19-20,24H,2-5,7,10,13-14,16,18H2,1H3,(H,32,33)/t19-,20+,24?/m1/s1. The predicted octanol–water partition coefficient (Wildman–Crippen LogP) is 5.93. The molecule has 0 amide bonds. The number of piperidine rings is 1. The minimum Gasteiger partial charge on any atom is -0.497 e. The summed E-state index contributed by atoms with van der Waals surface area (Å²) in [5.74, 6) is 0.189. The number of thiazole rings is 1. The molecule has 4 rings (SSSR count). The van der Waals surface area contributed by atoms with Gasteiger partial charge in [-0.05, 0) is 93.3 Å². The SMILES string of the molecule is COc1ccc2nccc(C(F)CC[C@@H]3CCN(CCCCc4nccs4)C[C@@H]3CC(=O)O)c2c1.